The maximum absolute atomic E-state index is 13.2. The number of nitrogens with zero attached hydrogens (tertiary/aromatic N) is 3. The smallest absolute Gasteiger partial charge is 0.330 e. The van der Waals surface area contributed by atoms with Crippen molar-refractivity contribution < 1.29 is 32.1 Å². The van der Waals surface area contributed by atoms with E-state index in [1.807, 2.05) is 34.1 Å². The fraction of sp³-hybridized carbons (Fsp3) is 0.839. The van der Waals surface area contributed by atoms with Crippen LogP contribution in [0.25, 0.3) is 0 Å². The van der Waals surface area contributed by atoms with E-state index < -0.39 is 18.8 Å². The van der Waals surface area contributed by atoms with E-state index in [2.05, 4.69) is 24.3 Å². The third kappa shape index (κ3) is 7.17. The van der Waals surface area contributed by atoms with Crippen LogP contribution < -0.4 is 5.32 Å². The van der Waals surface area contributed by atoms with E-state index in [0.29, 0.717) is 41.3 Å². The van der Waals surface area contributed by atoms with Crippen molar-refractivity contribution in [2.75, 3.05) is 53.9 Å². The number of allylic oxidation sites excluding steroid dienone is 1. The van der Waals surface area contributed by atoms with E-state index in [0.717, 1.165) is 56.0 Å². The second kappa shape index (κ2) is 12.0. The lowest BCUT2D eigenvalue weighted by atomic mass is 9.46. The predicted octanol–water partition coefficient (Wildman–Crippen LogP) is 5.81. The van der Waals surface area contributed by atoms with Crippen molar-refractivity contribution in [2.45, 2.75) is 78.3 Å². The minimum absolute atomic E-state index is 0.0182. The van der Waals surface area contributed by atoms with Crippen LogP contribution >= 0.6 is 0 Å². The molecule has 0 saturated heterocycles. The molecule has 0 aliphatic heterocycles. The molecule has 0 aromatic rings. The largest absolute Gasteiger partial charge is 0.436 e. The number of oxime groups is 1. The van der Waals surface area contributed by atoms with Gasteiger partial charge in [0.2, 0.25) is 0 Å². The molecule has 0 heterocycles. The second-order valence-electron chi connectivity index (χ2n) is 14.5. The molecule has 1 amide bonds. The average Bonchev–Trinajstić information content (AvgIpc) is 3.22. The van der Waals surface area contributed by atoms with E-state index in [1.54, 1.807) is 0 Å². The molecule has 0 unspecified atom stereocenters. The Kier molecular flexibility index (Phi) is 9.34. The van der Waals surface area contributed by atoms with E-state index in [-0.39, 0.29) is 35.6 Å². The van der Waals surface area contributed by atoms with Gasteiger partial charge in [-0.15, -0.1) is 0 Å². The highest BCUT2D eigenvalue weighted by Gasteiger charge is 2.59. The molecular weight excluding hydrogens is 533 g/mol. The number of carbonyl (C=O) groups excluding carboxylic acids is 2. The van der Waals surface area contributed by atoms with Crippen LogP contribution in [-0.2, 0) is 9.63 Å². The maximum atomic E-state index is 13.2. The number of amides is 1. The summed E-state index contributed by atoms with van der Waals surface area (Å²) in [4.78, 5) is 30.7. The van der Waals surface area contributed by atoms with E-state index in [9.17, 15) is 22.8 Å². The van der Waals surface area contributed by atoms with Gasteiger partial charge in [-0.2, -0.15) is 13.2 Å². The molecule has 0 aromatic heterocycles. The highest BCUT2D eigenvalue weighted by Crippen LogP contribution is 2.66. The summed E-state index contributed by atoms with van der Waals surface area (Å²) >= 11 is 0. The first-order valence-electron chi connectivity index (χ1n) is 15.4. The van der Waals surface area contributed by atoms with Crippen LogP contribution in [0.3, 0.4) is 0 Å². The van der Waals surface area contributed by atoms with Crippen molar-refractivity contribution in [2.24, 2.45) is 39.7 Å². The van der Waals surface area contributed by atoms with Gasteiger partial charge in [0.15, 0.2) is 5.78 Å². The first kappa shape index (κ1) is 32.0. The van der Waals surface area contributed by atoms with Crippen LogP contribution in [0.2, 0.25) is 0 Å². The summed E-state index contributed by atoms with van der Waals surface area (Å²) in [6.45, 7) is 6.76. The lowest BCUT2D eigenvalue weighted by Gasteiger charge is -2.58. The monoisotopic (exact) mass is 583 g/mol. The zero-order chi connectivity index (χ0) is 30.2. The van der Waals surface area contributed by atoms with Crippen LogP contribution in [0.1, 0.15) is 72.1 Å². The Bertz CT molecular complexity index is 1050. The molecule has 6 atom stereocenters. The van der Waals surface area contributed by atoms with Crippen LogP contribution in [0.4, 0.5) is 18.0 Å². The fourth-order valence-electron chi connectivity index (χ4n) is 8.68. The summed E-state index contributed by atoms with van der Waals surface area (Å²) in [6.07, 6.45) is 4.19. The van der Waals surface area contributed by atoms with Gasteiger partial charge in [0.05, 0.1) is 33.4 Å². The number of rotatable bonds is 9. The summed E-state index contributed by atoms with van der Waals surface area (Å²) in [5, 5.41) is 7.27. The Balaban J connectivity index is 1.39. The molecule has 232 valence electrons. The molecule has 0 spiro atoms. The first-order valence-corrected chi connectivity index (χ1v) is 15.4. The Morgan fingerprint density at radius 1 is 1.10 bits per heavy atom. The Morgan fingerprint density at radius 2 is 1.83 bits per heavy atom. The van der Waals surface area contributed by atoms with Crippen LogP contribution in [0.15, 0.2) is 16.8 Å². The fourth-order valence-corrected chi connectivity index (χ4v) is 8.68. The van der Waals surface area contributed by atoms with Gasteiger partial charge in [-0.1, -0.05) is 24.6 Å². The predicted molar refractivity (Wildman–Crippen MR) is 153 cm³/mol. The first-order chi connectivity index (χ1) is 19.0. The van der Waals surface area contributed by atoms with Gasteiger partial charge in [-0.3, -0.25) is 14.5 Å². The minimum atomic E-state index is -4.53. The summed E-state index contributed by atoms with van der Waals surface area (Å²) < 4.78 is 40.4. The topological polar surface area (TPSA) is 71.0 Å². The maximum Gasteiger partial charge on any atom is 0.436 e. The van der Waals surface area contributed by atoms with Crippen molar-refractivity contribution in [3.8, 4) is 0 Å². The molecule has 1 N–H and O–H groups in total. The molecule has 4 aliphatic rings. The van der Waals surface area contributed by atoms with Gasteiger partial charge >= 0.3 is 12.3 Å². The quantitative estimate of drug-likeness (QED) is 0.122. The number of hydrogen-bond donors (Lipinski definition) is 1. The summed E-state index contributed by atoms with van der Waals surface area (Å²) in [5.74, 6) is 2.10. The molecule has 0 radical (unpaired) electrons. The van der Waals surface area contributed by atoms with Crippen LogP contribution in [-0.4, -0.2) is 87.0 Å². The SMILES string of the molecule is C/C(=N\OC(=O)N(CCNCC[N+](C)(C)C)CC(F)(F)F)[C@H]1CC[C@H]2[C@@H]3CCC4=CC(=O)CC[C@]4(C)[C@H]3CC[C@]12C. The van der Waals surface area contributed by atoms with Gasteiger partial charge in [0.1, 0.15) is 6.54 Å². The number of likely N-dealkylation sites (N-methyl/N-ethyl adjacent to an activating group) is 1. The van der Waals surface area contributed by atoms with Crippen LogP contribution in [0.5, 0.6) is 0 Å². The van der Waals surface area contributed by atoms with E-state index in [1.165, 1.54) is 5.57 Å². The molecule has 3 saturated carbocycles. The summed E-state index contributed by atoms with van der Waals surface area (Å²) in [6, 6.07) is 0. The molecule has 41 heavy (non-hydrogen) atoms. The highest BCUT2D eigenvalue weighted by atomic mass is 19.4. The number of alkyl halides is 3. The van der Waals surface area contributed by atoms with Crippen molar-refractivity contribution in [1.82, 2.24) is 10.2 Å². The molecule has 0 bridgehead atoms. The Labute approximate surface area is 243 Å². The molecule has 3 fully saturated rings. The number of hydrogen-bond acceptors (Lipinski definition) is 5. The molecule has 4 rings (SSSR count). The number of fused-ring (bicyclic) bond motifs is 5. The van der Waals surface area contributed by atoms with Gasteiger partial charge in [0, 0.05) is 32.0 Å². The van der Waals surface area contributed by atoms with Gasteiger partial charge in [0.25, 0.3) is 0 Å². The lowest BCUT2D eigenvalue weighted by Crippen LogP contribution is -2.51. The van der Waals surface area contributed by atoms with Gasteiger partial charge in [-0.25, -0.2) is 4.79 Å². The molecule has 10 heteroatoms. The molecular formula is C31H50F3N4O3+. The lowest BCUT2D eigenvalue weighted by molar-refractivity contribution is -0.869. The van der Waals surface area contributed by atoms with Gasteiger partial charge in [-0.05, 0) is 86.5 Å². The third-order valence-corrected chi connectivity index (χ3v) is 10.9. The molecule has 0 aromatic carbocycles. The Morgan fingerprint density at radius 3 is 2.51 bits per heavy atom. The normalized spacial score (nSPS) is 33.9. The number of halogens is 3. The van der Waals surface area contributed by atoms with Crippen molar-refractivity contribution >= 4 is 17.6 Å². The number of carbonyl (C=O) groups is 2. The second-order valence-corrected chi connectivity index (χ2v) is 14.5. The number of ketones is 1. The zero-order valence-electron chi connectivity index (χ0n) is 25.8. The van der Waals surface area contributed by atoms with Crippen molar-refractivity contribution in [3.63, 3.8) is 0 Å². The van der Waals surface area contributed by atoms with Crippen LogP contribution in [0, 0.1) is 34.5 Å². The Hall–Kier alpha value is -1.94. The number of nitrogens with one attached hydrogen (secondary N) is 1. The van der Waals surface area contributed by atoms with Crippen molar-refractivity contribution in [3.05, 3.63) is 11.6 Å². The average molecular weight is 584 g/mol. The van der Waals surface area contributed by atoms with Gasteiger partial charge < -0.3 is 9.80 Å². The van der Waals surface area contributed by atoms with E-state index in [4.69, 9.17) is 4.84 Å². The van der Waals surface area contributed by atoms with Crippen molar-refractivity contribution in [1.29, 1.82) is 0 Å². The summed E-state index contributed by atoms with van der Waals surface area (Å²) in [5.41, 5.74) is 2.17. The number of quaternary nitrogens is 1. The highest BCUT2D eigenvalue weighted by molar-refractivity contribution is 5.91. The van der Waals surface area contributed by atoms with E-state index >= 15 is 0 Å². The third-order valence-electron chi connectivity index (χ3n) is 10.9. The molecule has 4 aliphatic carbocycles. The minimum Gasteiger partial charge on any atom is -0.330 e. The standard InChI is InChI=1S/C31H50F3N4O3/c1-21(36-41-28(40)37(20-31(32,33)34)17-15-35-16-18-38(4,5)6)25-9-10-26-24-8-7-22-19-23(39)11-13-29(22,2)27(24)12-14-30(25,26)3/h19,24-27,35H,7-18,20H2,1-6H3/q+1/b36-21+/t24-,25+,26-,27-,29-,30+/m0/s1. The molecule has 7 nitrogen and oxygen atoms in total. The summed E-state index contributed by atoms with van der Waals surface area (Å²) in [7, 11) is 6.11. The zero-order valence-corrected chi connectivity index (χ0v) is 25.8.